The first-order chi connectivity index (χ1) is 9.85. The fourth-order valence-corrected chi connectivity index (χ4v) is 2.31. The molecular formula is C18H21NO. The molecule has 0 aromatic heterocycles. The minimum Gasteiger partial charge on any atom is -0.367 e. The smallest absolute Gasteiger partial charge is 0.152 e. The summed E-state index contributed by atoms with van der Waals surface area (Å²) < 4.78 is 0. The maximum Gasteiger partial charge on any atom is 0.152 e. The highest BCUT2D eigenvalue weighted by molar-refractivity contribution is 5.84. The molecule has 0 amide bonds. The molecule has 0 fully saturated rings. The van der Waals surface area contributed by atoms with Crippen LogP contribution in [0.1, 0.15) is 35.7 Å². The summed E-state index contributed by atoms with van der Waals surface area (Å²) in [6.45, 7) is 3.99. The average molecular weight is 267 g/mol. The lowest BCUT2D eigenvalue weighted by atomic mass is 10.1. The van der Waals surface area contributed by atoms with E-state index in [4.69, 9.17) is 0 Å². The molecule has 2 aromatic carbocycles. The van der Waals surface area contributed by atoms with E-state index in [1.807, 2.05) is 30.3 Å². The van der Waals surface area contributed by atoms with Crippen molar-refractivity contribution in [2.24, 2.45) is 0 Å². The molecule has 104 valence electrons. The van der Waals surface area contributed by atoms with Crippen LogP contribution in [-0.2, 0) is 6.54 Å². The first-order valence-corrected chi connectivity index (χ1v) is 7.18. The second-order valence-corrected chi connectivity index (χ2v) is 4.94. The topological polar surface area (TPSA) is 20.3 Å². The fourth-order valence-electron chi connectivity index (χ4n) is 2.31. The van der Waals surface area contributed by atoms with Gasteiger partial charge >= 0.3 is 0 Å². The Morgan fingerprint density at radius 1 is 1.00 bits per heavy atom. The van der Waals surface area contributed by atoms with Crippen LogP contribution < -0.4 is 4.90 Å². The number of rotatable bonds is 7. The minimum absolute atomic E-state index is 0.763. The van der Waals surface area contributed by atoms with Crippen LogP contribution >= 0.6 is 0 Å². The van der Waals surface area contributed by atoms with E-state index in [9.17, 15) is 4.79 Å². The second kappa shape index (κ2) is 7.49. The normalized spacial score (nSPS) is 10.2. The Labute approximate surface area is 121 Å². The number of aldehydes is 1. The maximum absolute atomic E-state index is 11.2. The van der Waals surface area contributed by atoms with E-state index < -0.39 is 0 Å². The van der Waals surface area contributed by atoms with Crippen molar-refractivity contribution >= 4 is 12.0 Å². The van der Waals surface area contributed by atoms with Crippen LogP contribution in [0, 0.1) is 0 Å². The van der Waals surface area contributed by atoms with Crippen molar-refractivity contribution in [2.75, 3.05) is 11.4 Å². The summed E-state index contributed by atoms with van der Waals surface area (Å²) in [4.78, 5) is 13.5. The Hall–Kier alpha value is -2.09. The van der Waals surface area contributed by atoms with Crippen LogP contribution in [0.15, 0.2) is 54.6 Å². The molecule has 0 spiro atoms. The zero-order valence-corrected chi connectivity index (χ0v) is 12.0. The largest absolute Gasteiger partial charge is 0.367 e. The second-order valence-electron chi connectivity index (χ2n) is 4.94. The molecule has 0 radical (unpaired) electrons. The van der Waals surface area contributed by atoms with E-state index in [-0.39, 0.29) is 0 Å². The van der Waals surface area contributed by atoms with Gasteiger partial charge in [-0.3, -0.25) is 4.79 Å². The Morgan fingerprint density at radius 2 is 1.70 bits per heavy atom. The molecular weight excluding hydrogens is 246 g/mol. The number of anilines is 1. The number of benzene rings is 2. The summed E-state index contributed by atoms with van der Waals surface area (Å²) in [7, 11) is 0. The molecule has 0 unspecified atom stereocenters. The standard InChI is InChI=1S/C18H21NO/c1-2-3-13-19(14-16-9-5-4-6-10-16)18-12-8-7-11-17(18)15-20/h4-12,15H,2-3,13-14H2,1H3. The summed E-state index contributed by atoms with van der Waals surface area (Å²) in [5, 5.41) is 0. The molecule has 2 aromatic rings. The van der Waals surface area contributed by atoms with Gasteiger partial charge in [0.25, 0.3) is 0 Å². The molecule has 0 bridgehead atoms. The summed E-state index contributed by atoms with van der Waals surface area (Å²) in [6.07, 6.45) is 3.22. The molecule has 0 atom stereocenters. The van der Waals surface area contributed by atoms with Gasteiger partial charge in [0.05, 0.1) is 0 Å². The third kappa shape index (κ3) is 3.70. The third-order valence-corrected chi connectivity index (χ3v) is 3.40. The minimum atomic E-state index is 0.763. The number of unbranched alkanes of at least 4 members (excludes halogenated alkanes) is 1. The molecule has 0 aliphatic carbocycles. The van der Waals surface area contributed by atoms with Crippen LogP contribution in [0.3, 0.4) is 0 Å². The van der Waals surface area contributed by atoms with Gasteiger partial charge in [-0.25, -0.2) is 0 Å². The average Bonchev–Trinajstić information content (AvgIpc) is 2.52. The van der Waals surface area contributed by atoms with Gasteiger partial charge in [-0.15, -0.1) is 0 Å². The van der Waals surface area contributed by atoms with Crippen LogP contribution in [0.4, 0.5) is 5.69 Å². The van der Waals surface area contributed by atoms with Crippen LogP contribution in [-0.4, -0.2) is 12.8 Å². The first kappa shape index (κ1) is 14.3. The lowest BCUT2D eigenvalue weighted by Crippen LogP contribution is -2.24. The third-order valence-electron chi connectivity index (χ3n) is 3.40. The van der Waals surface area contributed by atoms with Crippen molar-refractivity contribution in [2.45, 2.75) is 26.3 Å². The highest BCUT2D eigenvalue weighted by Crippen LogP contribution is 2.21. The van der Waals surface area contributed by atoms with E-state index in [1.165, 1.54) is 5.56 Å². The van der Waals surface area contributed by atoms with Crippen LogP contribution in [0.25, 0.3) is 0 Å². The van der Waals surface area contributed by atoms with Crippen LogP contribution in [0.2, 0.25) is 0 Å². The van der Waals surface area contributed by atoms with Crippen molar-refractivity contribution in [3.05, 3.63) is 65.7 Å². The Morgan fingerprint density at radius 3 is 2.40 bits per heavy atom. The van der Waals surface area contributed by atoms with Crippen molar-refractivity contribution in [1.82, 2.24) is 0 Å². The molecule has 0 saturated carbocycles. The van der Waals surface area contributed by atoms with Gasteiger partial charge in [0.2, 0.25) is 0 Å². The SMILES string of the molecule is CCCCN(Cc1ccccc1)c1ccccc1C=O. The van der Waals surface area contributed by atoms with Gasteiger partial charge in [-0.05, 0) is 24.1 Å². The number of hydrogen-bond donors (Lipinski definition) is 0. The Kier molecular flexibility index (Phi) is 5.36. The highest BCUT2D eigenvalue weighted by atomic mass is 16.1. The van der Waals surface area contributed by atoms with Gasteiger partial charge in [0.1, 0.15) is 0 Å². The highest BCUT2D eigenvalue weighted by Gasteiger charge is 2.10. The number of carbonyl (C=O) groups excluding carboxylic acids is 1. The predicted molar refractivity (Wildman–Crippen MR) is 84.2 cm³/mol. The molecule has 0 heterocycles. The van der Waals surface area contributed by atoms with Gasteiger partial charge in [-0.2, -0.15) is 0 Å². The van der Waals surface area contributed by atoms with Gasteiger partial charge in [0.15, 0.2) is 6.29 Å². The number of para-hydroxylation sites is 1. The molecule has 2 heteroatoms. The zero-order valence-electron chi connectivity index (χ0n) is 12.0. The van der Waals surface area contributed by atoms with Crippen LogP contribution in [0.5, 0.6) is 0 Å². The molecule has 20 heavy (non-hydrogen) atoms. The summed E-state index contributed by atoms with van der Waals surface area (Å²) in [5.74, 6) is 0. The van der Waals surface area contributed by atoms with E-state index in [0.717, 1.165) is 43.5 Å². The number of nitrogens with zero attached hydrogens (tertiary/aromatic N) is 1. The molecule has 0 aliphatic heterocycles. The maximum atomic E-state index is 11.2. The molecule has 0 saturated heterocycles. The van der Waals surface area contributed by atoms with Gasteiger partial charge < -0.3 is 4.90 Å². The van der Waals surface area contributed by atoms with Crippen molar-refractivity contribution in [3.63, 3.8) is 0 Å². The number of hydrogen-bond acceptors (Lipinski definition) is 2. The first-order valence-electron chi connectivity index (χ1n) is 7.18. The summed E-state index contributed by atoms with van der Waals surface area (Å²) >= 11 is 0. The Bertz CT molecular complexity index is 536. The molecule has 2 nitrogen and oxygen atoms in total. The van der Waals surface area contributed by atoms with Crippen molar-refractivity contribution < 1.29 is 4.79 Å². The quantitative estimate of drug-likeness (QED) is 0.697. The zero-order chi connectivity index (χ0) is 14.2. The van der Waals surface area contributed by atoms with Crippen molar-refractivity contribution in [3.8, 4) is 0 Å². The fraction of sp³-hybridized carbons (Fsp3) is 0.278. The summed E-state index contributed by atoms with van der Waals surface area (Å²) in [5.41, 5.74) is 3.06. The van der Waals surface area contributed by atoms with Crippen molar-refractivity contribution in [1.29, 1.82) is 0 Å². The monoisotopic (exact) mass is 267 g/mol. The van der Waals surface area contributed by atoms with E-state index >= 15 is 0 Å². The number of carbonyl (C=O) groups is 1. The van der Waals surface area contributed by atoms with Gasteiger partial charge in [0, 0.05) is 24.3 Å². The molecule has 0 N–H and O–H groups in total. The predicted octanol–water partition coefficient (Wildman–Crippen LogP) is 4.31. The molecule has 2 rings (SSSR count). The lowest BCUT2D eigenvalue weighted by Gasteiger charge is -2.26. The molecule has 0 aliphatic rings. The van der Waals surface area contributed by atoms with E-state index in [1.54, 1.807) is 0 Å². The lowest BCUT2D eigenvalue weighted by molar-refractivity contribution is 0.112. The van der Waals surface area contributed by atoms with Gasteiger partial charge in [-0.1, -0.05) is 55.8 Å². The van der Waals surface area contributed by atoms with E-state index in [0.29, 0.717) is 0 Å². The summed E-state index contributed by atoms with van der Waals surface area (Å²) in [6, 6.07) is 18.2. The van der Waals surface area contributed by atoms with E-state index in [2.05, 4.69) is 36.1 Å². The Balaban J connectivity index is 2.24.